The Morgan fingerprint density at radius 1 is 1.38 bits per heavy atom. The third kappa shape index (κ3) is 2.68. The first-order chi connectivity index (χ1) is 7.27. The summed E-state index contributed by atoms with van der Waals surface area (Å²) in [5.41, 5.74) is -0.781. The quantitative estimate of drug-likeness (QED) is 0.880. The number of aliphatic hydroxyl groups excluding tert-OH is 1. The fraction of sp³-hybridized carbons (Fsp3) is 0.400. The molecule has 6 heteroatoms. The van der Waals surface area contributed by atoms with Gasteiger partial charge in [-0.3, -0.25) is 0 Å². The first kappa shape index (κ1) is 13.3. The summed E-state index contributed by atoms with van der Waals surface area (Å²) in [6, 6.07) is 2.21. The summed E-state index contributed by atoms with van der Waals surface area (Å²) in [6.45, 7) is 1.34. The number of hydrogen-bond donors (Lipinski definition) is 2. The van der Waals surface area contributed by atoms with E-state index in [1.807, 2.05) is 0 Å². The fourth-order valence-electron chi connectivity index (χ4n) is 1.23. The molecule has 1 rings (SSSR count). The van der Waals surface area contributed by atoms with E-state index < -0.39 is 23.4 Å². The highest BCUT2D eigenvalue weighted by molar-refractivity contribution is 9.10. The van der Waals surface area contributed by atoms with Crippen molar-refractivity contribution in [3.63, 3.8) is 0 Å². The number of alkyl halides is 3. The van der Waals surface area contributed by atoms with Crippen LogP contribution in [-0.4, -0.2) is 16.8 Å². The highest BCUT2D eigenvalue weighted by atomic mass is 79.9. The van der Waals surface area contributed by atoms with Gasteiger partial charge < -0.3 is 10.2 Å². The number of phenolic OH excluding ortho intramolecular Hbond substituents is 1. The van der Waals surface area contributed by atoms with Crippen LogP contribution in [0.15, 0.2) is 16.6 Å². The van der Waals surface area contributed by atoms with Crippen LogP contribution >= 0.6 is 15.9 Å². The van der Waals surface area contributed by atoms with E-state index in [0.29, 0.717) is 5.56 Å². The van der Waals surface area contributed by atoms with Crippen LogP contribution in [-0.2, 0) is 6.18 Å². The van der Waals surface area contributed by atoms with E-state index in [1.165, 1.54) is 6.07 Å². The second kappa shape index (κ2) is 4.63. The molecule has 0 aliphatic carbocycles. The maximum absolute atomic E-state index is 12.5. The number of phenols is 1. The van der Waals surface area contributed by atoms with Crippen molar-refractivity contribution >= 4 is 15.9 Å². The predicted molar refractivity (Wildman–Crippen MR) is 56.3 cm³/mol. The van der Waals surface area contributed by atoms with Gasteiger partial charge in [-0.05, 0) is 33.6 Å². The number of aliphatic hydroxyl groups is 1. The second-order valence-corrected chi connectivity index (χ2v) is 4.33. The number of halogens is 4. The molecule has 0 aliphatic heterocycles. The molecule has 0 saturated carbocycles. The van der Waals surface area contributed by atoms with Crippen LogP contribution in [0.5, 0.6) is 5.75 Å². The maximum Gasteiger partial charge on any atom is 0.420 e. The fourth-order valence-corrected chi connectivity index (χ4v) is 1.70. The largest absolute Gasteiger partial charge is 0.506 e. The molecular weight excluding hydrogens is 289 g/mol. The molecule has 1 aromatic carbocycles. The Morgan fingerprint density at radius 3 is 2.38 bits per heavy atom. The average Bonchev–Trinajstić information content (AvgIpc) is 2.18. The smallest absolute Gasteiger partial charge is 0.420 e. The van der Waals surface area contributed by atoms with Crippen molar-refractivity contribution in [1.29, 1.82) is 0 Å². The monoisotopic (exact) mass is 298 g/mol. The standard InChI is InChI=1S/C10H10BrF3O2/c1-5(4-15)6-2-7(10(12,13)14)9(16)8(11)3-6/h2-3,5,15-16H,4H2,1H3. The zero-order valence-corrected chi connectivity index (χ0v) is 9.93. The molecule has 90 valence electrons. The molecule has 0 aliphatic rings. The number of hydrogen-bond acceptors (Lipinski definition) is 2. The summed E-state index contributed by atoms with van der Waals surface area (Å²) in [7, 11) is 0. The van der Waals surface area contributed by atoms with Crippen LogP contribution in [0.1, 0.15) is 24.0 Å². The molecule has 0 amide bonds. The average molecular weight is 299 g/mol. The molecule has 16 heavy (non-hydrogen) atoms. The third-order valence-electron chi connectivity index (χ3n) is 2.23. The van der Waals surface area contributed by atoms with Crippen molar-refractivity contribution < 1.29 is 23.4 Å². The van der Waals surface area contributed by atoms with Crippen molar-refractivity contribution in [1.82, 2.24) is 0 Å². The number of aromatic hydroxyl groups is 1. The Kier molecular flexibility index (Phi) is 3.85. The van der Waals surface area contributed by atoms with Crippen molar-refractivity contribution in [2.45, 2.75) is 19.0 Å². The van der Waals surface area contributed by atoms with Crippen molar-refractivity contribution in [3.05, 3.63) is 27.7 Å². The van der Waals surface area contributed by atoms with Crippen LogP contribution < -0.4 is 0 Å². The first-order valence-electron chi connectivity index (χ1n) is 4.47. The first-order valence-corrected chi connectivity index (χ1v) is 5.27. The SMILES string of the molecule is CC(CO)c1cc(Br)c(O)c(C(F)(F)F)c1. The van der Waals surface area contributed by atoms with Crippen LogP contribution in [0.25, 0.3) is 0 Å². The molecule has 2 nitrogen and oxygen atoms in total. The zero-order chi connectivity index (χ0) is 12.5. The van der Waals surface area contributed by atoms with E-state index in [-0.39, 0.29) is 11.1 Å². The van der Waals surface area contributed by atoms with Gasteiger partial charge in [0.05, 0.1) is 10.0 Å². The molecule has 1 aromatic rings. The van der Waals surface area contributed by atoms with Crippen LogP contribution in [0.3, 0.4) is 0 Å². The van der Waals surface area contributed by atoms with E-state index in [1.54, 1.807) is 6.92 Å². The van der Waals surface area contributed by atoms with Crippen molar-refractivity contribution in [3.8, 4) is 5.75 Å². The van der Waals surface area contributed by atoms with Gasteiger partial charge in [0.15, 0.2) is 0 Å². The molecule has 2 N–H and O–H groups in total. The topological polar surface area (TPSA) is 40.5 Å². The lowest BCUT2D eigenvalue weighted by molar-refractivity contribution is -0.138. The molecule has 0 fully saturated rings. The van der Waals surface area contributed by atoms with Gasteiger partial charge in [0.1, 0.15) is 5.75 Å². The highest BCUT2D eigenvalue weighted by Crippen LogP contribution is 2.41. The molecular formula is C10H10BrF3O2. The summed E-state index contributed by atoms with van der Waals surface area (Å²) < 4.78 is 37.6. The molecule has 0 heterocycles. The molecule has 0 aromatic heterocycles. The van der Waals surface area contributed by atoms with Crippen LogP contribution in [0.4, 0.5) is 13.2 Å². The molecule has 0 bridgehead atoms. The summed E-state index contributed by atoms with van der Waals surface area (Å²) in [6.07, 6.45) is -4.61. The molecule has 0 saturated heterocycles. The lowest BCUT2D eigenvalue weighted by Crippen LogP contribution is -2.08. The summed E-state index contributed by atoms with van der Waals surface area (Å²) in [5.74, 6) is -1.25. The Balaban J connectivity index is 3.33. The minimum Gasteiger partial charge on any atom is -0.506 e. The Morgan fingerprint density at radius 2 is 1.94 bits per heavy atom. The van der Waals surface area contributed by atoms with Gasteiger partial charge in [0, 0.05) is 12.5 Å². The minimum atomic E-state index is -4.61. The second-order valence-electron chi connectivity index (χ2n) is 3.48. The molecule has 1 atom stereocenters. The van der Waals surface area contributed by atoms with Gasteiger partial charge in [0.25, 0.3) is 0 Å². The summed E-state index contributed by atoms with van der Waals surface area (Å²) >= 11 is 2.86. The third-order valence-corrected chi connectivity index (χ3v) is 2.84. The van der Waals surface area contributed by atoms with Gasteiger partial charge in [-0.25, -0.2) is 0 Å². The Labute approximate surface area is 98.8 Å². The molecule has 0 spiro atoms. The van der Waals surface area contributed by atoms with Crippen molar-refractivity contribution in [2.24, 2.45) is 0 Å². The van der Waals surface area contributed by atoms with Gasteiger partial charge >= 0.3 is 6.18 Å². The zero-order valence-electron chi connectivity index (χ0n) is 8.35. The van der Waals surface area contributed by atoms with Crippen LogP contribution in [0, 0.1) is 0 Å². The van der Waals surface area contributed by atoms with Crippen molar-refractivity contribution in [2.75, 3.05) is 6.61 Å². The van der Waals surface area contributed by atoms with Gasteiger partial charge in [-0.15, -0.1) is 0 Å². The maximum atomic E-state index is 12.5. The normalized spacial score (nSPS) is 13.9. The Bertz CT molecular complexity index is 390. The Hall–Kier alpha value is -0.750. The predicted octanol–water partition coefficient (Wildman–Crippen LogP) is 3.27. The van der Waals surface area contributed by atoms with E-state index >= 15 is 0 Å². The highest BCUT2D eigenvalue weighted by Gasteiger charge is 2.35. The van der Waals surface area contributed by atoms with Gasteiger partial charge in [-0.1, -0.05) is 6.92 Å². The summed E-state index contributed by atoms with van der Waals surface area (Å²) in [4.78, 5) is 0. The van der Waals surface area contributed by atoms with Gasteiger partial charge in [-0.2, -0.15) is 13.2 Å². The number of rotatable bonds is 2. The number of benzene rings is 1. The van der Waals surface area contributed by atoms with E-state index in [2.05, 4.69) is 15.9 Å². The van der Waals surface area contributed by atoms with Crippen LogP contribution in [0.2, 0.25) is 0 Å². The molecule has 0 radical (unpaired) electrons. The summed E-state index contributed by atoms with van der Waals surface area (Å²) in [5, 5.41) is 18.2. The van der Waals surface area contributed by atoms with E-state index in [4.69, 9.17) is 5.11 Å². The molecule has 1 unspecified atom stereocenters. The van der Waals surface area contributed by atoms with E-state index in [0.717, 1.165) is 6.07 Å². The minimum absolute atomic E-state index is 0.0300. The lowest BCUT2D eigenvalue weighted by Gasteiger charge is -2.15. The lowest BCUT2D eigenvalue weighted by atomic mass is 9.99. The van der Waals surface area contributed by atoms with E-state index in [9.17, 15) is 18.3 Å². The van der Waals surface area contributed by atoms with Gasteiger partial charge in [0.2, 0.25) is 0 Å².